The molecule has 1 atom stereocenters. The molecule has 1 N–H and O–H groups in total. The first-order valence-corrected chi connectivity index (χ1v) is 12.0. The second-order valence-corrected chi connectivity index (χ2v) is 9.24. The summed E-state index contributed by atoms with van der Waals surface area (Å²) >= 11 is 1.42. The summed E-state index contributed by atoms with van der Waals surface area (Å²) in [5, 5.41) is 4.91. The van der Waals surface area contributed by atoms with Gasteiger partial charge in [0.15, 0.2) is 0 Å². The quantitative estimate of drug-likeness (QED) is 0.777. The molecule has 1 unspecified atom stereocenters. The molecule has 7 heteroatoms. The summed E-state index contributed by atoms with van der Waals surface area (Å²) in [5.41, 5.74) is 1.08. The number of carbonyl (C=O) groups is 3. The number of thiophene rings is 1. The van der Waals surface area contributed by atoms with Crippen molar-refractivity contribution in [1.82, 2.24) is 15.1 Å². The summed E-state index contributed by atoms with van der Waals surface area (Å²) in [6.07, 6.45) is 3.94. The van der Waals surface area contributed by atoms with Crippen molar-refractivity contribution in [2.75, 3.05) is 19.6 Å². The first kappa shape index (κ1) is 21.6. The van der Waals surface area contributed by atoms with E-state index in [1.54, 1.807) is 4.90 Å². The number of nitrogens with zero attached hydrogens (tertiary/aromatic N) is 2. The smallest absolute Gasteiger partial charge is 0.264 e. The molecule has 0 spiro atoms. The monoisotopic (exact) mass is 439 g/mol. The first-order chi connectivity index (χ1) is 15.1. The van der Waals surface area contributed by atoms with Crippen LogP contribution in [0.15, 0.2) is 47.8 Å². The predicted molar refractivity (Wildman–Crippen MR) is 121 cm³/mol. The molecule has 3 heterocycles. The number of hydrogen-bond acceptors (Lipinski definition) is 4. The molecule has 31 heavy (non-hydrogen) atoms. The fourth-order valence-corrected chi connectivity index (χ4v) is 5.15. The Morgan fingerprint density at radius 2 is 1.71 bits per heavy atom. The van der Waals surface area contributed by atoms with E-state index in [1.165, 1.54) is 11.3 Å². The van der Waals surface area contributed by atoms with Crippen LogP contribution in [-0.4, -0.2) is 53.2 Å². The zero-order valence-corrected chi connectivity index (χ0v) is 18.5. The number of likely N-dealkylation sites (tertiary alicyclic amines) is 2. The average Bonchev–Trinajstić information content (AvgIpc) is 3.37. The number of amides is 3. The van der Waals surface area contributed by atoms with Crippen LogP contribution < -0.4 is 5.32 Å². The molecule has 3 amide bonds. The van der Waals surface area contributed by atoms with Crippen LogP contribution in [0.5, 0.6) is 0 Å². The molecular formula is C24H29N3O3S. The van der Waals surface area contributed by atoms with Gasteiger partial charge in [0.2, 0.25) is 11.8 Å². The van der Waals surface area contributed by atoms with Crippen molar-refractivity contribution < 1.29 is 14.4 Å². The Hall–Kier alpha value is -2.67. The van der Waals surface area contributed by atoms with Crippen molar-refractivity contribution in [2.24, 2.45) is 5.92 Å². The Bertz CT molecular complexity index is 892. The second kappa shape index (κ2) is 10.1. The number of nitrogens with one attached hydrogen (secondary N) is 1. The van der Waals surface area contributed by atoms with E-state index in [4.69, 9.17) is 0 Å². The lowest BCUT2D eigenvalue weighted by Gasteiger charge is -2.39. The molecule has 0 aliphatic carbocycles. The second-order valence-electron chi connectivity index (χ2n) is 8.29. The number of rotatable bonds is 5. The highest BCUT2D eigenvalue weighted by Gasteiger charge is 2.37. The van der Waals surface area contributed by atoms with Crippen molar-refractivity contribution in [3.63, 3.8) is 0 Å². The van der Waals surface area contributed by atoms with Gasteiger partial charge in [-0.3, -0.25) is 14.4 Å². The van der Waals surface area contributed by atoms with Gasteiger partial charge in [0.25, 0.3) is 5.91 Å². The van der Waals surface area contributed by atoms with Gasteiger partial charge in [0.1, 0.15) is 6.04 Å². The standard InChI is InChI=1S/C24H29N3O3S/c28-22(25-17-18-7-2-1-3-8-18)19-11-14-26(15-12-19)23(29)20-9-4-5-13-27(20)24(30)21-10-6-16-31-21/h1-3,6-8,10,16,19-20H,4-5,9,11-15,17H2,(H,25,28). The van der Waals surface area contributed by atoms with E-state index in [0.717, 1.165) is 18.4 Å². The van der Waals surface area contributed by atoms with Crippen LogP contribution in [0.2, 0.25) is 0 Å². The van der Waals surface area contributed by atoms with Crippen molar-refractivity contribution in [1.29, 1.82) is 0 Å². The molecule has 2 aliphatic rings. The minimum absolute atomic E-state index is 0.0350. The molecule has 1 aromatic carbocycles. The van der Waals surface area contributed by atoms with Crippen molar-refractivity contribution in [3.8, 4) is 0 Å². The topological polar surface area (TPSA) is 69.7 Å². The predicted octanol–water partition coefficient (Wildman–Crippen LogP) is 3.30. The molecule has 2 aliphatic heterocycles. The Kier molecular flexibility index (Phi) is 7.02. The molecule has 164 valence electrons. The molecule has 2 fully saturated rings. The summed E-state index contributed by atoms with van der Waals surface area (Å²) in [6, 6.07) is 13.2. The van der Waals surface area contributed by atoms with Crippen LogP contribution in [0.25, 0.3) is 0 Å². The largest absolute Gasteiger partial charge is 0.352 e. The Morgan fingerprint density at radius 1 is 0.935 bits per heavy atom. The third kappa shape index (κ3) is 5.15. The van der Waals surface area contributed by atoms with Gasteiger partial charge in [-0.15, -0.1) is 11.3 Å². The fraction of sp³-hybridized carbons (Fsp3) is 0.458. The van der Waals surface area contributed by atoms with Crippen molar-refractivity contribution >= 4 is 29.1 Å². The molecule has 0 saturated carbocycles. The molecular weight excluding hydrogens is 410 g/mol. The maximum atomic E-state index is 13.3. The molecule has 1 aromatic heterocycles. The van der Waals surface area contributed by atoms with Gasteiger partial charge < -0.3 is 15.1 Å². The zero-order chi connectivity index (χ0) is 21.6. The highest BCUT2D eigenvalue weighted by molar-refractivity contribution is 7.12. The van der Waals surface area contributed by atoms with Crippen molar-refractivity contribution in [3.05, 3.63) is 58.3 Å². The van der Waals surface area contributed by atoms with E-state index in [2.05, 4.69) is 5.32 Å². The molecule has 2 saturated heterocycles. The van der Waals surface area contributed by atoms with Gasteiger partial charge in [-0.2, -0.15) is 0 Å². The lowest BCUT2D eigenvalue weighted by atomic mass is 9.94. The van der Waals surface area contributed by atoms with E-state index >= 15 is 0 Å². The van der Waals surface area contributed by atoms with Gasteiger partial charge in [-0.25, -0.2) is 0 Å². The van der Waals surface area contributed by atoms with Gasteiger partial charge in [0, 0.05) is 32.1 Å². The van der Waals surface area contributed by atoms with Gasteiger partial charge >= 0.3 is 0 Å². The number of benzene rings is 1. The molecule has 4 rings (SSSR count). The van der Waals surface area contributed by atoms with Crippen LogP contribution in [-0.2, 0) is 16.1 Å². The first-order valence-electron chi connectivity index (χ1n) is 11.1. The van der Waals surface area contributed by atoms with Crippen LogP contribution in [0.3, 0.4) is 0 Å². The van der Waals surface area contributed by atoms with E-state index in [1.807, 2.05) is 52.7 Å². The summed E-state index contributed by atoms with van der Waals surface area (Å²) < 4.78 is 0. The van der Waals surface area contributed by atoms with Crippen molar-refractivity contribution in [2.45, 2.75) is 44.7 Å². The summed E-state index contributed by atoms with van der Waals surface area (Å²) in [5.74, 6) is -0.0120. The maximum Gasteiger partial charge on any atom is 0.264 e. The minimum Gasteiger partial charge on any atom is -0.352 e. The lowest BCUT2D eigenvalue weighted by molar-refractivity contribution is -0.140. The normalized spacial score (nSPS) is 19.8. The molecule has 0 radical (unpaired) electrons. The highest BCUT2D eigenvalue weighted by Crippen LogP contribution is 2.25. The molecule has 2 aromatic rings. The lowest BCUT2D eigenvalue weighted by Crippen LogP contribution is -2.54. The summed E-state index contributed by atoms with van der Waals surface area (Å²) in [6.45, 7) is 2.30. The van der Waals surface area contributed by atoms with Crippen LogP contribution >= 0.6 is 11.3 Å². The Morgan fingerprint density at radius 3 is 2.42 bits per heavy atom. The Balaban J connectivity index is 1.30. The molecule has 6 nitrogen and oxygen atoms in total. The maximum absolute atomic E-state index is 13.3. The van der Waals surface area contributed by atoms with Gasteiger partial charge in [0.05, 0.1) is 4.88 Å². The third-order valence-corrected chi connectivity index (χ3v) is 7.13. The number of carbonyl (C=O) groups excluding carboxylic acids is 3. The average molecular weight is 440 g/mol. The summed E-state index contributed by atoms with van der Waals surface area (Å²) in [4.78, 5) is 43.0. The van der Waals surface area contributed by atoms with E-state index in [0.29, 0.717) is 50.3 Å². The third-order valence-electron chi connectivity index (χ3n) is 6.27. The van der Waals surface area contributed by atoms with Crippen LogP contribution in [0.4, 0.5) is 0 Å². The fourth-order valence-electron chi connectivity index (χ4n) is 4.48. The SMILES string of the molecule is O=C(NCc1ccccc1)C1CCN(C(=O)C2CCCCN2C(=O)c2cccs2)CC1. The van der Waals surface area contributed by atoms with E-state index in [-0.39, 0.29) is 29.7 Å². The van der Waals surface area contributed by atoms with Gasteiger partial charge in [-0.05, 0) is 49.1 Å². The van der Waals surface area contributed by atoms with Gasteiger partial charge in [-0.1, -0.05) is 36.4 Å². The number of hydrogen-bond donors (Lipinski definition) is 1. The van der Waals surface area contributed by atoms with E-state index in [9.17, 15) is 14.4 Å². The molecule has 0 bridgehead atoms. The Labute approximate surface area is 187 Å². The van der Waals surface area contributed by atoms with Crippen LogP contribution in [0.1, 0.15) is 47.3 Å². The number of piperidine rings is 2. The van der Waals surface area contributed by atoms with E-state index < -0.39 is 0 Å². The summed E-state index contributed by atoms with van der Waals surface area (Å²) in [7, 11) is 0. The zero-order valence-electron chi connectivity index (χ0n) is 17.7. The highest BCUT2D eigenvalue weighted by atomic mass is 32.1. The van der Waals surface area contributed by atoms with Crippen LogP contribution in [0, 0.1) is 5.92 Å². The minimum atomic E-state index is -0.383.